The van der Waals surface area contributed by atoms with Crippen molar-refractivity contribution in [1.82, 2.24) is 0 Å². The van der Waals surface area contributed by atoms with Crippen molar-refractivity contribution in [1.29, 1.82) is 0 Å². The summed E-state index contributed by atoms with van der Waals surface area (Å²) in [5.41, 5.74) is -1.03. The van der Waals surface area contributed by atoms with E-state index in [1.54, 1.807) is 6.92 Å². The van der Waals surface area contributed by atoms with E-state index in [2.05, 4.69) is 37.0 Å². The molecular weight excluding hydrogens is 340 g/mol. The first kappa shape index (κ1) is 23.5. The summed E-state index contributed by atoms with van der Waals surface area (Å²) < 4.78 is 5.51. The second kappa shape index (κ2) is 13.6. The smallest absolute Gasteiger partial charge is 0.303 e. The maximum atomic E-state index is 10.4. The monoisotopic (exact) mass is 376 g/mol. The van der Waals surface area contributed by atoms with Crippen LogP contribution in [0.25, 0.3) is 0 Å². The fourth-order valence-electron chi connectivity index (χ4n) is 2.78. The molecule has 27 heavy (non-hydrogen) atoms. The number of aliphatic carboxylic acids is 1. The van der Waals surface area contributed by atoms with Crippen LogP contribution >= 0.6 is 0 Å². The molecule has 0 aromatic carbocycles. The molecule has 0 aromatic rings. The summed E-state index contributed by atoms with van der Waals surface area (Å²) in [5.74, 6) is 5.21. The highest BCUT2D eigenvalue weighted by atomic mass is 16.6. The molecule has 0 aliphatic carbocycles. The van der Waals surface area contributed by atoms with E-state index in [0.717, 1.165) is 32.1 Å². The van der Waals surface area contributed by atoms with Gasteiger partial charge in [0.25, 0.3) is 0 Å². The highest BCUT2D eigenvalue weighted by Gasteiger charge is 2.36. The van der Waals surface area contributed by atoms with Crippen LogP contribution in [0.5, 0.6) is 0 Å². The normalized spacial score (nSPS) is 21.1. The molecule has 4 nitrogen and oxygen atoms in total. The second-order valence-corrected chi connectivity index (χ2v) is 7.51. The van der Waals surface area contributed by atoms with Crippen molar-refractivity contribution in [3.05, 3.63) is 24.3 Å². The van der Waals surface area contributed by atoms with Crippen molar-refractivity contribution < 1.29 is 19.7 Å². The van der Waals surface area contributed by atoms with E-state index in [-0.39, 0.29) is 18.6 Å². The van der Waals surface area contributed by atoms with Crippen molar-refractivity contribution >= 4 is 5.97 Å². The Kier molecular flexibility index (Phi) is 11.8. The number of hydrogen-bond donors (Lipinski definition) is 2. The number of rotatable bonds is 14. The summed E-state index contributed by atoms with van der Waals surface area (Å²) in [7, 11) is 0. The van der Waals surface area contributed by atoms with Gasteiger partial charge in [-0.25, -0.2) is 0 Å². The Bertz CT molecular complexity index is 536. The number of carbonyl (C=O) groups is 1. The number of carboxylic acid groups (broad SMARTS) is 1. The molecule has 152 valence electrons. The molecule has 0 bridgehead atoms. The van der Waals surface area contributed by atoms with Gasteiger partial charge in [0.1, 0.15) is 11.7 Å². The van der Waals surface area contributed by atoms with Crippen molar-refractivity contribution in [3.63, 3.8) is 0 Å². The predicted molar refractivity (Wildman–Crippen MR) is 109 cm³/mol. The minimum Gasteiger partial charge on any atom is -0.481 e. The Labute approximate surface area is 164 Å². The first-order valence-corrected chi connectivity index (χ1v) is 10.4. The van der Waals surface area contributed by atoms with Gasteiger partial charge in [-0.3, -0.25) is 4.79 Å². The van der Waals surface area contributed by atoms with Crippen LogP contribution in [0.1, 0.15) is 84.5 Å². The van der Waals surface area contributed by atoms with Crippen LogP contribution in [-0.2, 0) is 9.53 Å². The van der Waals surface area contributed by atoms with Crippen LogP contribution in [0, 0.1) is 11.8 Å². The van der Waals surface area contributed by atoms with Crippen LogP contribution in [0.4, 0.5) is 0 Å². The maximum absolute atomic E-state index is 10.4. The van der Waals surface area contributed by atoms with Gasteiger partial charge in [-0.15, -0.1) is 0 Å². The summed E-state index contributed by atoms with van der Waals surface area (Å²) in [4.78, 5) is 10.4. The molecular formula is C23H36O4. The van der Waals surface area contributed by atoms with E-state index in [9.17, 15) is 9.90 Å². The number of aliphatic hydroxyl groups is 1. The molecule has 0 spiro atoms. The highest BCUT2D eigenvalue weighted by molar-refractivity contribution is 5.66. The third kappa shape index (κ3) is 13.3. The average Bonchev–Trinajstić information content (AvgIpc) is 3.36. The highest BCUT2D eigenvalue weighted by Crippen LogP contribution is 2.27. The molecule has 1 fully saturated rings. The quantitative estimate of drug-likeness (QED) is 0.193. The van der Waals surface area contributed by atoms with E-state index in [4.69, 9.17) is 9.84 Å². The number of hydrogen-bond acceptors (Lipinski definition) is 3. The third-order valence-corrected chi connectivity index (χ3v) is 4.54. The van der Waals surface area contributed by atoms with Gasteiger partial charge in [0.2, 0.25) is 0 Å². The molecule has 3 unspecified atom stereocenters. The van der Waals surface area contributed by atoms with E-state index in [0.29, 0.717) is 12.8 Å². The van der Waals surface area contributed by atoms with Gasteiger partial charge >= 0.3 is 5.97 Å². The number of epoxide rings is 1. The topological polar surface area (TPSA) is 70.1 Å². The van der Waals surface area contributed by atoms with E-state index < -0.39 is 11.6 Å². The lowest BCUT2D eigenvalue weighted by Crippen LogP contribution is -2.20. The van der Waals surface area contributed by atoms with Gasteiger partial charge < -0.3 is 14.9 Å². The van der Waals surface area contributed by atoms with E-state index in [1.165, 1.54) is 19.3 Å². The van der Waals surface area contributed by atoms with Crippen molar-refractivity contribution in [2.24, 2.45) is 0 Å². The first-order chi connectivity index (χ1) is 12.9. The zero-order valence-corrected chi connectivity index (χ0v) is 17.0. The SMILES string of the molecule is CCCCC/C=C\C/C=C\CC(C)(O)C#CC1OC1CCCCCC(=O)O. The lowest BCUT2D eigenvalue weighted by atomic mass is 10.0. The summed E-state index contributed by atoms with van der Waals surface area (Å²) in [5, 5.41) is 18.9. The molecule has 1 aliphatic heterocycles. The number of ether oxygens (including phenoxy) is 1. The fraction of sp³-hybridized carbons (Fsp3) is 0.696. The van der Waals surface area contributed by atoms with E-state index >= 15 is 0 Å². The summed E-state index contributed by atoms with van der Waals surface area (Å²) in [6.45, 7) is 3.94. The zero-order valence-electron chi connectivity index (χ0n) is 17.0. The van der Waals surface area contributed by atoms with Gasteiger partial charge in [0, 0.05) is 12.8 Å². The lowest BCUT2D eigenvalue weighted by molar-refractivity contribution is -0.137. The van der Waals surface area contributed by atoms with Crippen molar-refractivity contribution in [3.8, 4) is 11.8 Å². The molecule has 3 atom stereocenters. The van der Waals surface area contributed by atoms with Crippen LogP contribution in [-0.4, -0.2) is 34.0 Å². The first-order valence-electron chi connectivity index (χ1n) is 10.4. The Balaban J connectivity index is 2.13. The minimum atomic E-state index is -1.03. The van der Waals surface area contributed by atoms with Crippen LogP contribution in [0.2, 0.25) is 0 Å². The van der Waals surface area contributed by atoms with E-state index in [1.807, 2.05) is 6.08 Å². The molecule has 1 rings (SSSR count). The average molecular weight is 377 g/mol. The second-order valence-electron chi connectivity index (χ2n) is 7.51. The van der Waals surface area contributed by atoms with Crippen LogP contribution < -0.4 is 0 Å². The van der Waals surface area contributed by atoms with Crippen LogP contribution in [0.3, 0.4) is 0 Å². The fourth-order valence-corrected chi connectivity index (χ4v) is 2.78. The summed E-state index contributed by atoms with van der Waals surface area (Å²) in [6.07, 6.45) is 18.6. The lowest BCUT2D eigenvalue weighted by Gasteiger charge is -2.12. The van der Waals surface area contributed by atoms with Gasteiger partial charge in [0.15, 0.2) is 0 Å². The molecule has 1 aliphatic rings. The standard InChI is InChI=1S/C23H36O4/c1-3-4-5-6-7-8-9-10-14-18-23(2,26)19-17-21-20(27-21)15-12-11-13-16-22(24)25/h7-8,10,14,20-21,26H,3-6,9,11-13,15-16,18H2,1-2H3,(H,24,25)/b8-7-,14-10-. The van der Waals surface area contributed by atoms with Crippen molar-refractivity contribution in [2.45, 2.75) is 102 Å². The number of carboxylic acids is 1. The van der Waals surface area contributed by atoms with Gasteiger partial charge in [0.05, 0.1) is 6.10 Å². The zero-order chi connectivity index (χ0) is 20.0. The molecule has 0 aromatic heterocycles. The molecule has 0 saturated carbocycles. The molecule has 0 amide bonds. The molecule has 0 radical (unpaired) electrons. The van der Waals surface area contributed by atoms with Gasteiger partial charge in [-0.2, -0.15) is 0 Å². The Morgan fingerprint density at radius 1 is 1.11 bits per heavy atom. The number of allylic oxidation sites excluding steroid dienone is 3. The van der Waals surface area contributed by atoms with Crippen molar-refractivity contribution in [2.75, 3.05) is 0 Å². The molecule has 1 heterocycles. The van der Waals surface area contributed by atoms with Gasteiger partial charge in [-0.1, -0.05) is 68.8 Å². The number of unbranched alkanes of at least 4 members (excludes halogenated alkanes) is 5. The molecule has 2 N–H and O–H groups in total. The maximum Gasteiger partial charge on any atom is 0.303 e. The Hall–Kier alpha value is -1.57. The minimum absolute atomic E-state index is 0.0778. The molecule has 4 heteroatoms. The Morgan fingerprint density at radius 2 is 1.89 bits per heavy atom. The third-order valence-electron chi connectivity index (χ3n) is 4.54. The summed E-state index contributed by atoms with van der Waals surface area (Å²) >= 11 is 0. The largest absolute Gasteiger partial charge is 0.481 e. The molecule has 1 saturated heterocycles. The van der Waals surface area contributed by atoms with Crippen LogP contribution in [0.15, 0.2) is 24.3 Å². The Morgan fingerprint density at radius 3 is 2.63 bits per heavy atom. The summed E-state index contributed by atoms with van der Waals surface area (Å²) in [6, 6.07) is 0. The van der Waals surface area contributed by atoms with Gasteiger partial charge in [-0.05, 0) is 39.0 Å². The predicted octanol–water partition coefficient (Wildman–Crippen LogP) is 5.02.